The molecule has 0 saturated carbocycles. The van der Waals surface area contributed by atoms with E-state index in [4.69, 9.17) is 11.6 Å². The molecule has 0 bridgehead atoms. The Labute approximate surface area is 121 Å². The smallest absolute Gasteiger partial charge is 0.251 e. The fourth-order valence-electron chi connectivity index (χ4n) is 1.67. The van der Waals surface area contributed by atoms with Crippen LogP contribution in [0.1, 0.15) is 24.2 Å². The zero-order chi connectivity index (χ0) is 14.7. The standard InChI is InChI=1S/C14H13ClFN3O/c1-8(2)17-14(20)9-3-4-10(11(16)7-9)12-5-6-13(15)19-18-12/h3-8H,1-2H3,(H,17,20). The van der Waals surface area contributed by atoms with E-state index in [1.807, 2.05) is 13.8 Å². The van der Waals surface area contributed by atoms with Crippen LogP contribution in [0.15, 0.2) is 30.3 Å². The lowest BCUT2D eigenvalue weighted by molar-refractivity contribution is 0.0942. The summed E-state index contributed by atoms with van der Waals surface area (Å²) < 4.78 is 14.1. The van der Waals surface area contributed by atoms with E-state index in [0.29, 0.717) is 5.69 Å². The summed E-state index contributed by atoms with van der Waals surface area (Å²) in [5.41, 5.74) is 0.903. The third-order valence-corrected chi connectivity index (χ3v) is 2.76. The summed E-state index contributed by atoms with van der Waals surface area (Å²) in [6.45, 7) is 3.68. The second-order valence-electron chi connectivity index (χ2n) is 4.56. The number of aromatic nitrogens is 2. The highest BCUT2D eigenvalue weighted by Gasteiger charge is 2.12. The molecule has 0 atom stereocenters. The highest BCUT2D eigenvalue weighted by Crippen LogP contribution is 2.22. The Balaban J connectivity index is 2.30. The maximum absolute atomic E-state index is 14.1. The zero-order valence-corrected chi connectivity index (χ0v) is 11.8. The van der Waals surface area contributed by atoms with Gasteiger partial charge in [-0.3, -0.25) is 4.79 Å². The molecular formula is C14H13ClFN3O. The molecule has 104 valence electrons. The molecule has 1 aromatic heterocycles. The molecule has 1 aromatic carbocycles. The van der Waals surface area contributed by atoms with Crippen molar-refractivity contribution in [3.8, 4) is 11.3 Å². The van der Waals surface area contributed by atoms with E-state index in [9.17, 15) is 9.18 Å². The van der Waals surface area contributed by atoms with E-state index in [1.54, 1.807) is 12.1 Å². The van der Waals surface area contributed by atoms with Crippen molar-refractivity contribution in [1.29, 1.82) is 0 Å². The third-order valence-electron chi connectivity index (χ3n) is 2.56. The van der Waals surface area contributed by atoms with Gasteiger partial charge in [-0.15, -0.1) is 10.2 Å². The van der Waals surface area contributed by atoms with Crippen LogP contribution in [0, 0.1) is 5.82 Å². The Morgan fingerprint density at radius 1 is 1.25 bits per heavy atom. The van der Waals surface area contributed by atoms with Gasteiger partial charge in [0.2, 0.25) is 0 Å². The van der Waals surface area contributed by atoms with Crippen molar-refractivity contribution in [1.82, 2.24) is 15.5 Å². The molecule has 1 amide bonds. The van der Waals surface area contributed by atoms with Crippen LogP contribution in [0.25, 0.3) is 11.3 Å². The number of hydrogen-bond acceptors (Lipinski definition) is 3. The van der Waals surface area contributed by atoms with Gasteiger partial charge in [-0.05, 0) is 44.2 Å². The fourth-order valence-corrected chi connectivity index (χ4v) is 1.77. The minimum atomic E-state index is -0.530. The maximum atomic E-state index is 14.1. The van der Waals surface area contributed by atoms with Gasteiger partial charge in [0.25, 0.3) is 5.91 Å². The summed E-state index contributed by atoms with van der Waals surface area (Å²) in [6, 6.07) is 7.33. The molecular weight excluding hydrogens is 281 g/mol. The molecule has 2 rings (SSSR count). The van der Waals surface area contributed by atoms with Crippen molar-refractivity contribution >= 4 is 17.5 Å². The molecule has 1 N–H and O–H groups in total. The Bertz CT molecular complexity index is 629. The molecule has 20 heavy (non-hydrogen) atoms. The van der Waals surface area contributed by atoms with E-state index >= 15 is 0 Å². The number of nitrogens with zero attached hydrogens (tertiary/aromatic N) is 2. The average Bonchev–Trinajstić information content (AvgIpc) is 2.39. The lowest BCUT2D eigenvalue weighted by Crippen LogP contribution is -2.30. The first-order valence-corrected chi connectivity index (χ1v) is 6.45. The number of amides is 1. The summed E-state index contributed by atoms with van der Waals surface area (Å²) in [4.78, 5) is 11.8. The Morgan fingerprint density at radius 2 is 2.00 bits per heavy atom. The number of carbonyl (C=O) groups is 1. The Morgan fingerprint density at radius 3 is 2.55 bits per heavy atom. The lowest BCUT2D eigenvalue weighted by atomic mass is 10.1. The van der Waals surface area contributed by atoms with Crippen molar-refractivity contribution in [2.45, 2.75) is 19.9 Å². The summed E-state index contributed by atoms with van der Waals surface area (Å²) in [5.74, 6) is -0.842. The van der Waals surface area contributed by atoms with Crippen molar-refractivity contribution in [2.24, 2.45) is 0 Å². The molecule has 0 spiro atoms. The van der Waals surface area contributed by atoms with Gasteiger partial charge in [0.15, 0.2) is 5.15 Å². The monoisotopic (exact) mass is 293 g/mol. The second kappa shape index (κ2) is 5.96. The molecule has 0 aliphatic rings. The van der Waals surface area contributed by atoms with Gasteiger partial charge in [-0.2, -0.15) is 0 Å². The molecule has 1 heterocycles. The molecule has 0 aliphatic heterocycles. The minimum absolute atomic E-state index is 0.00707. The number of hydrogen-bond donors (Lipinski definition) is 1. The Kier molecular flexibility index (Phi) is 4.29. The van der Waals surface area contributed by atoms with Gasteiger partial charge in [0, 0.05) is 17.2 Å². The molecule has 0 aliphatic carbocycles. The van der Waals surface area contributed by atoms with Gasteiger partial charge < -0.3 is 5.32 Å². The van der Waals surface area contributed by atoms with E-state index in [2.05, 4.69) is 15.5 Å². The highest BCUT2D eigenvalue weighted by atomic mass is 35.5. The predicted octanol–water partition coefficient (Wildman–Crippen LogP) is 3.07. The van der Waals surface area contributed by atoms with Crippen molar-refractivity contribution in [3.05, 3.63) is 46.9 Å². The summed E-state index contributed by atoms with van der Waals surface area (Å²) >= 11 is 5.63. The van der Waals surface area contributed by atoms with Crippen molar-refractivity contribution < 1.29 is 9.18 Å². The maximum Gasteiger partial charge on any atom is 0.251 e. The van der Waals surface area contributed by atoms with E-state index < -0.39 is 5.82 Å². The molecule has 0 saturated heterocycles. The molecule has 0 radical (unpaired) electrons. The van der Waals surface area contributed by atoms with Crippen LogP contribution < -0.4 is 5.32 Å². The van der Waals surface area contributed by atoms with Crippen LogP contribution >= 0.6 is 11.6 Å². The topological polar surface area (TPSA) is 54.9 Å². The first kappa shape index (κ1) is 14.4. The summed E-state index contributed by atoms with van der Waals surface area (Å²) in [6.07, 6.45) is 0. The Hall–Kier alpha value is -2.01. The number of rotatable bonds is 3. The average molecular weight is 294 g/mol. The summed E-state index contributed by atoms with van der Waals surface area (Å²) in [7, 11) is 0. The van der Waals surface area contributed by atoms with E-state index in [0.717, 1.165) is 0 Å². The number of halogens is 2. The largest absolute Gasteiger partial charge is 0.350 e. The van der Waals surface area contributed by atoms with Crippen LogP contribution in [0.2, 0.25) is 5.15 Å². The van der Waals surface area contributed by atoms with Crippen LogP contribution in [0.3, 0.4) is 0 Å². The van der Waals surface area contributed by atoms with Crippen LogP contribution in [0.4, 0.5) is 4.39 Å². The first-order chi connectivity index (χ1) is 9.47. The van der Waals surface area contributed by atoms with Gasteiger partial charge in [0.05, 0.1) is 5.69 Å². The third kappa shape index (κ3) is 3.30. The van der Waals surface area contributed by atoms with Crippen molar-refractivity contribution in [3.63, 3.8) is 0 Å². The van der Waals surface area contributed by atoms with Crippen LogP contribution in [0.5, 0.6) is 0 Å². The number of carbonyl (C=O) groups excluding carboxylic acids is 1. The van der Waals surface area contributed by atoms with Crippen LogP contribution in [-0.4, -0.2) is 22.1 Å². The number of benzene rings is 1. The number of nitrogens with one attached hydrogen (secondary N) is 1. The summed E-state index contributed by atoms with van der Waals surface area (Å²) in [5, 5.41) is 10.4. The van der Waals surface area contributed by atoms with Gasteiger partial charge >= 0.3 is 0 Å². The molecule has 4 nitrogen and oxygen atoms in total. The SMILES string of the molecule is CC(C)NC(=O)c1ccc(-c2ccc(Cl)nn2)c(F)c1. The predicted molar refractivity (Wildman–Crippen MR) is 75.0 cm³/mol. The van der Waals surface area contributed by atoms with Crippen molar-refractivity contribution in [2.75, 3.05) is 0 Å². The molecule has 0 fully saturated rings. The van der Waals surface area contributed by atoms with Gasteiger partial charge in [-0.1, -0.05) is 11.6 Å². The lowest BCUT2D eigenvalue weighted by Gasteiger charge is -2.09. The fraction of sp³-hybridized carbons (Fsp3) is 0.214. The van der Waals surface area contributed by atoms with Gasteiger partial charge in [0.1, 0.15) is 5.82 Å². The normalized spacial score (nSPS) is 10.7. The zero-order valence-electron chi connectivity index (χ0n) is 11.0. The van der Waals surface area contributed by atoms with Crippen LogP contribution in [-0.2, 0) is 0 Å². The molecule has 2 aromatic rings. The molecule has 0 unspecified atom stereocenters. The second-order valence-corrected chi connectivity index (χ2v) is 4.95. The molecule has 6 heteroatoms. The first-order valence-electron chi connectivity index (χ1n) is 6.07. The van der Waals surface area contributed by atoms with Gasteiger partial charge in [-0.25, -0.2) is 4.39 Å². The van der Waals surface area contributed by atoms with E-state index in [1.165, 1.54) is 18.2 Å². The quantitative estimate of drug-likeness (QED) is 0.946. The highest BCUT2D eigenvalue weighted by molar-refractivity contribution is 6.29. The van der Waals surface area contributed by atoms with E-state index in [-0.39, 0.29) is 28.2 Å². The minimum Gasteiger partial charge on any atom is -0.350 e.